The van der Waals surface area contributed by atoms with Crippen LogP contribution >= 0.6 is 11.8 Å². The zero-order valence-corrected chi connectivity index (χ0v) is 13.4. The number of carbonyl (C=O) groups excluding carboxylic acids is 1. The minimum absolute atomic E-state index is 0.329. The Labute approximate surface area is 138 Å². The molecule has 23 heavy (non-hydrogen) atoms. The first kappa shape index (κ1) is 15.4. The van der Waals surface area contributed by atoms with Crippen LogP contribution in [0.2, 0.25) is 0 Å². The first-order valence-corrected chi connectivity index (χ1v) is 8.03. The van der Waals surface area contributed by atoms with Crippen molar-refractivity contribution in [3.63, 3.8) is 0 Å². The average molecular weight is 325 g/mol. The lowest BCUT2D eigenvalue weighted by atomic mass is 10.2. The van der Waals surface area contributed by atoms with Gasteiger partial charge in [0.2, 0.25) is 0 Å². The molecule has 0 atom stereocenters. The average Bonchev–Trinajstić information content (AvgIpc) is 3.11. The van der Waals surface area contributed by atoms with Crippen molar-refractivity contribution >= 4 is 17.7 Å². The van der Waals surface area contributed by atoms with E-state index in [0.29, 0.717) is 12.2 Å². The fourth-order valence-corrected chi connectivity index (χ4v) is 2.87. The van der Waals surface area contributed by atoms with Gasteiger partial charge in [-0.2, -0.15) is 0 Å². The third-order valence-corrected chi connectivity index (χ3v) is 4.07. The van der Waals surface area contributed by atoms with Crippen LogP contribution < -0.4 is 0 Å². The predicted octanol–water partition coefficient (Wildman–Crippen LogP) is 4.67. The predicted molar refractivity (Wildman–Crippen MR) is 88.5 cm³/mol. The van der Waals surface area contributed by atoms with Crippen molar-refractivity contribution in [2.24, 2.45) is 0 Å². The number of rotatable bonds is 5. The molecule has 0 saturated heterocycles. The topological polar surface area (TPSA) is 52.3 Å². The highest BCUT2D eigenvalue weighted by Gasteiger charge is 2.08. The zero-order chi connectivity index (χ0) is 16.1. The van der Waals surface area contributed by atoms with Gasteiger partial charge in [0.15, 0.2) is 0 Å². The summed E-state index contributed by atoms with van der Waals surface area (Å²) in [6.07, 6.45) is 3.27. The Kier molecular flexibility index (Phi) is 4.78. The molecule has 116 valence electrons. The molecule has 0 aliphatic heterocycles. The van der Waals surface area contributed by atoms with Crippen molar-refractivity contribution < 1.29 is 13.9 Å². The summed E-state index contributed by atoms with van der Waals surface area (Å²) >= 11 is 1.49. The summed E-state index contributed by atoms with van der Waals surface area (Å²) in [4.78, 5) is 17.1. The van der Waals surface area contributed by atoms with Crippen LogP contribution in [0.1, 0.15) is 17.3 Å². The molecule has 4 nitrogen and oxygen atoms in total. The Hall–Kier alpha value is -2.53. The summed E-state index contributed by atoms with van der Waals surface area (Å²) in [6.45, 7) is 2.15. The van der Waals surface area contributed by atoms with E-state index >= 15 is 0 Å². The number of esters is 1. The Balaban J connectivity index is 1.74. The molecular formula is C18H15NO3S. The van der Waals surface area contributed by atoms with Crippen LogP contribution in [0.15, 0.2) is 75.3 Å². The second-order valence-corrected chi connectivity index (χ2v) is 5.80. The van der Waals surface area contributed by atoms with Gasteiger partial charge < -0.3 is 9.15 Å². The summed E-state index contributed by atoms with van der Waals surface area (Å²) in [6, 6.07) is 15.2. The molecule has 0 radical (unpaired) electrons. The van der Waals surface area contributed by atoms with Crippen LogP contribution in [0.3, 0.4) is 0 Å². The molecule has 1 aromatic carbocycles. The molecule has 0 unspecified atom stereocenters. The molecule has 5 heteroatoms. The van der Waals surface area contributed by atoms with Crippen molar-refractivity contribution in [3.8, 4) is 11.3 Å². The van der Waals surface area contributed by atoms with Gasteiger partial charge in [0.1, 0.15) is 10.8 Å². The van der Waals surface area contributed by atoms with Gasteiger partial charge in [0.25, 0.3) is 0 Å². The molecule has 0 saturated carbocycles. The van der Waals surface area contributed by atoms with E-state index in [9.17, 15) is 4.79 Å². The molecule has 0 aliphatic rings. The van der Waals surface area contributed by atoms with E-state index in [0.717, 1.165) is 21.2 Å². The SMILES string of the molecule is CCOC(=O)c1ccnc(Sc2ccc(-c3ccco3)cc2)c1. The molecule has 0 bridgehead atoms. The van der Waals surface area contributed by atoms with Crippen molar-refractivity contribution in [2.45, 2.75) is 16.8 Å². The maximum absolute atomic E-state index is 11.8. The summed E-state index contributed by atoms with van der Waals surface area (Å²) in [5, 5.41) is 0.751. The monoisotopic (exact) mass is 325 g/mol. The van der Waals surface area contributed by atoms with E-state index in [4.69, 9.17) is 9.15 Å². The quantitative estimate of drug-likeness (QED) is 0.638. The number of benzene rings is 1. The zero-order valence-electron chi connectivity index (χ0n) is 12.6. The molecule has 0 N–H and O–H groups in total. The van der Waals surface area contributed by atoms with Gasteiger partial charge in [-0.1, -0.05) is 23.9 Å². The fraction of sp³-hybridized carbons (Fsp3) is 0.111. The summed E-state index contributed by atoms with van der Waals surface area (Å²) in [5.74, 6) is 0.508. The molecule has 2 aromatic heterocycles. The third kappa shape index (κ3) is 3.81. The van der Waals surface area contributed by atoms with E-state index in [-0.39, 0.29) is 5.97 Å². The second kappa shape index (κ2) is 7.15. The summed E-state index contributed by atoms with van der Waals surface area (Å²) in [7, 11) is 0. The maximum atomic E-state index is 11.8. The number of ether oxygens (including phenoxy) is 1. The Morgan fingerprint density at radius 1 is 1.22 bits per heavy atom. The van der Waals surface area contributed by atoms with Gasteiger partial charge in [-0.25, -0.2) is 9.78 Å². The summed E-state index contributed by atoms with van der Waals surface area (Å²) in [5.41, 5.74) is 1.53. The highest BCUT2D eigenvalue weighted by atomic mass is 32.2. The van der Waals surface area contributed by atoms with E-state index in [1.165, 1.54) is 11.8 Å². The molecule has 0 aliphatic carbocycles. The lowest BCUT2D eigenvalue weighted by Crippen LogP contribution is -2.04. The second-order valence-electron chi connectivity index (χ2n) is 4.71. The Bertz CT molecular complexity index is 782. The van der Waals surface area contributed by atoms with Crippen LogP contribution in [0.4, 0.5) is 0 Å². The first-order chi connectivity index (χ1) is 11.3. The number of carbonyl (C=O) groups is 1. The molecule has 0 fully saturated rings. The number of pyridine rings is 1. The van der Waals surface area contributed by atoms with Crippen molar-refractivity contribution in [3.05, 3.63) is 66.6 Å². The molecule has 3 aromatic rings. The van der Waals surface area contributed by atoms with E-state index in [2.05, 4.69) is 4.98 Å². The highest BCUT2D eigenvalue weighted by molar-refractivity contribution is 7.99. The van der Waals surface area contributed by atoms with Crippen molar-refractivity contribution in [1.29, 1.82) is 0 Å². The largest absolute Gasteiger partial charge is 0.464 e. The van der Waals surface area contributed by atoms with Gasteiger partial charge in [-0.3, -0.25) is 0 Å². The van der Waals surface area contributed by atoms with E-state index in [1.807, 2.05) is 36.4 Å². The normalized spacial score (nSPS) is 10.5. The number of hydrogen-bond acceptors (Lipinski definition) is 5. The number of aromatic nitrogens is 1. The molecule has 0 amide bonds. The van der Waals surface area contributed by atoms with Gasteiger partial charge in [-0.15, -0.1) is 0 Å². The number of nitrogens with zero attached hydrogens (tertiary/aromatic N) is 1. The lowest BCUT2D eigenvalue weighted by molar-refractivity contribution is 0.0526. The lowest BCUT2D eigenvalue weighted by Gasteiger charge is -2.05. The fourth-order valence-electron chi connectivity index (χ4n) is 2.06. The molecule has 3 rings (SSSR count). The minimum Gasteiger partial charge on any atom is -0.464 e. The number of furan rings is 1. The standard InChI is InChI=1S/C18H15NO3S/c1-2-21-18(20)14-9-10-19-17(12-14)23-15-7-5-13(6-8-15)16-4-3-11-22-16/h3-12H,2H2,1H3. The van der Waals surface area contributed by atoms with Crippen LogP contribution in [0.25, 0.3) is 11.3 Å². The van der Waals surface area contributed by atoms with E-state index in [1.54, 1.807) is 31.5 Å². The van der Waals surface area contributed by atoms with Gasteiger partial charge >= 0.3 is 5.97 Å². The minimum atomic E-state index is -0.329. The van der Waals surface area contributed by atoms with Crippen molar-refractivity contribution in [2.75, 3.05) is 6.61 Å². The highest BCUT2D eigenvalue weighted by Crippen LogP contribution is 2.29. The van der Waals surface area contributed by atoms with Crippen LogP contribution in [-0.4, -0.2) is 17.6 Å². The smallest absolute Gasteiger partial charge is 0.338 e. The van der Waals surface area contributed by atoms with Crippen LogP contribution in [0, 0.1) is 0 Å². The maximum Gasteiger partial charge on any atom is 0.338 e. The molecule has 0 spiro atoms. The first-order valence-electron chi connectivity index (χ1n) is 7.21. The van der Waals surface area contributed by atoms with Crippen LogP contribution in [0.5, 0.6) is 0 Å². The van der Waals surface area contributed by atoms with Crippen LogP contribution in [-0.2, 0) is 4.74 Å². The van der Waals surface area contributed by atoms with Crippen molar-refractivity contribution in [1.82, 2.24) is 4.98 Å². The summed E-state index contributed by atoms with van der Waals surface area (Å²) < 4.78 is 10.4. The van der Waals surface area contributed by atoms with E-state index < -0.39 is 0 Å². The molecule has 2 heterocycles. The number of hydrogen-bond donors (Lipinski definition) is 0. The molecular weight excluding hydrogens is 310 g/mol. The Morgan fingerprint density at radius 2 is 2.04 bits per heavy atom. The van der Waals surface area contributed by atoms with Gasteiger partial charge in [0.05, 0.1) is 18.4 Å². The Morgan fingerprint density at radius 3 is 2.74 bits per heavy atom. The third-order valence-electron chi connectivity index (χ3n) is 3.13. The van der Waals surface area contributed by atoms with Gasteiger partial charge in [-0.05, 0) is 43.3 Å². The van der Waals surface area contributed by atoms with Gasteiger partial charge in [0, 0.05) is 16.7 Å².